The van der Waals surface area contributed by atoms with Gasteiger partial charge in [0.2, 0.25) is 5.91 Å². The van der Waals surface area contributed by atoms with Gasteiger partial charge in [0.15, 0.2) is 5.54 Å². The third kappa shape index (κ3) is 3.24. The second-order valence-electron chi connectivity index (χ2n) is 7.31. The summed E-state index contributed by atoms with van der Waals surface area (Å²) in [5, 5.41) is 4.01. The number of carbonyl (C=O) groups is 2. The third-order valence-corrected chi connectivity index (χ3v) is 5.89. The van der Waals surface area contributed by atoms with Crippen LogP contribution >= 0.6 is 23.2 Å². The molecule has 4 aromatic rings. The van der Waals surface area contributed by atoms with Crippen molar-refractivity contribution in [2.45, 2.75) is 12.0 Å². The van der Waals surface area contributed by atoms with Gasteiger partial charge in [-0.25, -0.2) is 4.98 Å². The molecular formula is C23H16Cl2N4O2. The summed E-state index contributed by atoms with van der Waals surface area (Å²) in [7, 11) is 0. The average molecular weight is 451 g/mol. The largest absolute Gasteiger partial charge is 0.339 e. The van der Waals surface area contributed by atoms with Crippen molar-refractivity contribution >= 4 is 57.4 Å². The molecule has 0 aliphatic carbocycles. The van der Waals surface area contributed by atoms with Crippen molar-refractivity contribution in [3.05, 3.63) is 88.7 Å². The molecule has 5 rings (SSSR count). The molecule has 1 fully saturated rings. The van der Waals surface area contributed by atoms with Gasteiger partial charge in [0.05, 0.1) is 17.5 Å². The van der Waals surface area contributed by atoms with Crippen LogP contribution in [-0.4, -0.2) is 21.8 Å². The van der Waals surface area contributed by atoms with E-state index in [1.807, 2.05) is 24.3 Å². The summed E-state index contributed by atoms with van der Waals surface area (Å²) in [6, 6.07) is 21.1. The Hall–Kier alpha value is -3.35. The van der Waals surface area contributed by atoms with Gasteiger partial charge in [0.1, 0.15) is 5.82 Å². The van der Waals surface area contributed by atoms with E-state index in [9.17, 15) is 9.59 Å². The molecule has 2 N–H and O–H groups in total. The Bertz CT molecular complexity index is 1270. The van der Waals surface area contributed by atoms with E-state index in [2.05, 4.69) is 15.3 Å². The lowest BCUT2D eigenvalue weighted by atomic mass is 9.81. The first-order chi connectivity index (χ1) is 15.0. The summed E-state index contributed by atoms with van der Waals surface area (Å²) in [6.07, 6.45) is -0.0190. The van der Waals surface area contributed by atoms with Crippen LogP contribution in [0.2, 0.25) is 10.0 Å². The molecule has 3 aromatic carbocycles. The molecule has 0 spiro atoms. The highest BCUT2D eigenvalue weighted by molar-refractivity contribution is 6.31. The van der Waals surface area contributed by atoms with E-state index in [0.717, 1.165) is 5.52 Å². The van der Waals surface area contributed by atoms with Crippen LogP contribution in [0.1, 0.15) is 12.2 Å². The molecule has 1 aromatic heterocycles. The number of aromatic nitrogens is 2. The second-order valence-corrected chi connectivity index (χ2v) is 8.18. The molecule has 8 heteroatoms. The van der Waals surface area contributed by atoms with Crippen LogP contribution in [0.4, 0.5) is 11.4 Å². The quantitative estimate of drug-likeness (QED) is 0.422. The summed E-state index contributed by atoms with van der Waals surface area (Å²) in [6.45, 7) is 0. The molecule has 1 unspecified atom stereocenters. The minimum atomic E-state index is -1.33. The number of H-pyrrole nitrogens is 1. The Morgan fingerprint density at radius 1 is 0.968 bits per heavy atom. The Morgan fingerprint density at radius 3 is 2.26 bits per heavy atom. The lowest BCUT2D eigenvalue weighted by molar-refractivity contribution is -0.137. The maximum absolute atomic E-state index is 13.7. The number of β-lactam (4-membered cyclic amide) rings is 1. The maximum Gasteiger partial charge on any atom is 0.259 e. The first kappa shape index (κ1) is 19.6. The van der Waals surface area contributed by atoms with Crippen molar-refractivity contribution < 1.29 is 9.59 Å². The topological polar surface area (TPSA) is 78.1 Å². The number of benzene rings is 3. The van der Waals surface area contributed by atoms with Crippen molar-refractivity contribution in [2.75, 3.05) is 10.2 Å². The maximum atomic E-state index is 13.7. The number of nitrogens with one attached hydrogen (secondary N) is 2. The van der Waals surface area contributed by atoms with Crippen LogP contribution in [0, 0.1) is 0 Å². The predicted octanol–water partition coefficient (Wildman–Crippen LogP) is 5.14. The molecule has 2 amide bonds. The van der Waals surface area contributed by atoms with Crippen LogP contribution < -0.4 is 10.2 Å². The van der Waals surface area contributed by atoms with E-state index in [1.54, 1.807) is 48.5 Å². The van der Waals surface area contributed by atoms with Gasteiger partial charge in [-0.05, 0) is 60.7 Å². The van der Waals surface area contributed by atoms with Gasteiger partial charge in [-0.2, -0.15) is 0 Å². The van der Waals surface area contributed by atoms with E-state index in [4.69, 9.17) is 23.2 Å². The monoisotopic (exact) mass is 450 g/mol. The Labute approximate surface area is 187 Å². The van der Waals surface area contributed by atoms with Gasteiger partial charge in [-0.1, -0.05) is 35.3 Å². The molecule has 0 bridgehead atoms. The number of carbonyl (C=O) groups excluding carboxylic acids is 2. The first-order valence-corrected chi connectivity index (χ1v) is 10.3. The molecule has 31 heavy (non-hydrogen) atoms. The van der Waals surface area contributed by atoms with Gasteiger partial charge in [0, 0.05) is 21.4 Å². The number of imidazole rings is 1. The minimum Gasteiger partial charge on any atom is -0.339 e. The molecule has 1 saturated heterocycles. The van der Waals surface area contributed by atoms with Gasteiger partial charge in [0.25, 0.3) is 5.91 Å². The number of fused-ring (bicyclic) bond motifs is 1. The number of hydrogen-bond donors (Lipinski definition) is 2. The average Bonchev–Trinajstić information content (AvgIpc) is 3.19. The standard InChI is InChI=1S/C23H16Cl2N4O2/c24-14-5-9-16(10-6-14)26-22(31)23(21-27-18-3-1-2-4-19(18)28-21)13-20(30)29(23)17-11-7-15(25)8-12-17/h1-12H,13H2,(H,26,31)(H,27,28). The molecule has 2 heterocycles. The summed E-state index contributed by atoms with van der Waals surface area (Å²) < 4.78 is 0. The number of nitrogens with zero attached hydrogens (tertiary/aromatic N) is 2. The van der Waals surface area contributed by atoms with Crippen LogP contribution in [-0.2, 0) is 15.1 Å². The summed E-state index contributed by atoms with van der Waals surface area (Å²) in [5.74, 6) is -0.160. The van der Waals surface area contributed by atoms with Crippen molar-refractivity contribution in [1.82, 2.24) is 9.97 Å². The highest BCUT2D eigenvalue weighted by Crippen LogP contribution is 2.45. The van der Waals surface area contributed by atoms with Gasteiger partial charge in [-0.15, -0.1) is 0 Å². The van der Waals surface area contributed by atoms with Crippen LogP contribution in [0.3, 0.4) is 0 Å². The summed E-state index contributed by atoms with van der Waals surface area (Å²) >= 11 is 12.0. The number of aromatic amines is 1. The number of anilines is 2. The molecule has 6 nitrogen and oxygen atoms in total. The van der Waals surface area contributed by atoms with E-state index >= 15 is 0 Å². The van der Waals surface area contributed by atoms with Crippen molar-refractivity contribution in [3.8, 4) is 0 Å². The SMILES string of the molecule is O=C1CC(C(=O)Nc2ccc(Cl)cc2)(c2nc3ccccc3[nH]2)N1c1ccc(Cl)cc1. The fraction of sp³-hybridized carbons (Fsp3) is 0.0870. The fourth-order valence-corrected chi connectivity index (χ4v) is 4.10. The van der Waals surface area contributed by atoms with E-state index in [0.29, 0.717) is 32.8 Å². The molecule has 1 atom stereocenters. The van der Waals surface area contributed by atoms with Crippen LogP contribution in [0.25, 0.3) is 11.0 Å². The zero-order chi connectivity index (χ0) is 21.6. The van der Waals surface area contributed by atoms with Gasteiger partial charge in [-0.3, -0.25) is 14.5 Å². The zero-order valence-electron chi connectivity index (χ0n) is 16.1. The smallest absolute Gasteiger partial charge is 0.259 e. The van der Waals surface area contributed by atoms with Crippen LogP contribution in [0.15, 0.2) is 72.8 Å². The molecule has 0 saturated carbocycles. The number of halogens is 2. The second kappa shape index (κ2) is 7.41. The third-order valence-electron chi connectivity index (χ3n) is 5.38. The van der Waals surface area contributed by atoms with Crippen molar-refractivity contribution in [3.63, 3.8) is 0 Å². The Balaban J connectivity index is 1.63. The number of amides is 2. The van der Waals surface area contributed by atoms with E-state index in [1.165, 1.54) is 4.90 Å². The predicted molar refractivity (Wildman–Crippen MR) is 121 cm³/mol. The van der Waals surface area contributed by atoms with E-state index < -0.39 is 5.54 Å². The normalized spacial score (nSPS) is 18.1. The zero-order valence-corrected chi connectivity index (χ0v) is 17.6. The highest BCUT2D eigenvalue weighted by atomic mass is 35.5. The Morgan fingerprint density at radius 2 is 1.61 bits per heavy atom. The lowest BCUT2D eigenvalue weighted by Crippen LogP contribution is -2.67. The van der Waals surface area contributed by atoms with Gasteiger partial charge >= 0.3 is 0 Å². The molecule has 1 aliphatic rings. The molecular weight excluding hydrogens is 435 g/mol. The molecule has 1 aliphatic heterocycles. The lowest BCUT2D eigenvalue weighted by Gasteiger charge is -2.49. The highest BCUT2D eigenvalue weighted by Gasteiger charge is 2.60. The van der Waals surface area contributed by atoms with Crippen LogP contribution in [0.5, 0.6) is 0 Å². The van der Waals surface area contributed by atoms with Crippen molar-refractivity contribution in [1.29, 1.82) is 0 Å². The van der Waals surface area contributed by atoms with Gasteiger partial charge < -0.3 is 10.3 Å². The Kier molecular flexibility index (Phi) is 4.68. The number of para-hydroxylation sites is 2. The molecule has 0 radical (unpaired) electrons. The minimum absolute atomic E-state index is 0.0190. The number of hydrogen-bond acceptors (Lipinski definition) is 3. The molecule has 154 valence electrons. The van der Waals surface area contributed by atoms with Crippen molar-refractivity contribution in [2.24, 2.45) is 0 Å². The van der Waals surface area contributed by atoms with E-state index in [-0.39, 0.29) is 18.2 Å². The summed E-state index contributed by atoms with van der Waals surface area (Å²) in [4.78, 5) is 35.8. The summed E-state index contributed by atoms with van der Waals surface area (Å²) in [5.41, 5.74) is 1.30. The fourth-order valence-electron chi connectivity index (χ4n) is 3.85. The number of rotatable bonds is 4. The first-order valence-electron chi connectivity index (χ1n) is 9.58.